The molecule has 3 fully saturated rings. The summed E-state index contributed by atoms with van der Waals surface area (Å²) in [6.45, 7) is 5.45. The molecule has 1 unspecified atom stereocenters. The van der Waals surface area contributed by atoms with Crippen molar-refractivity contribution < 1.29 is 19.7 Å². The van der Waals surface area contributed by atoms with Crippen LogP contribution in [0.2, 0.25) is 0 Å². The van der Waals surface area contributed by atoms with Crippen LogP contribution in [0.25, 0.3) is 0 Å². The van der Waals surface area contributed by atoms with E-state index >= 15 is 0 Å². The van der Waals surface area contributed by atoms with Crippen LogP contribution >= 0.6 is 0 Å². The number of hydrogen-bond acceptors (Lipinski definition) is 4. The highest BCUT2D eigenvalue weighted by Gasteiger charge is 2.65. The van der Waals surface area contributed by atoms with E-state index in [2.05, 4.69) is 32.0 Å². The Labute approximate surface area is 143 Å². The van der Waals surface area contributed by atoms with Gasteiger partial charge in [-0.15, -0.1) is 0 Å². The van der Waals surface area contributed by atoms with Crippen LogP contribution in [0.5, 0.6) is 0 Å². The number of aliphatic hydroxyl groups is 2. The fourth-order valence-corrected chi connectivity index (χ4v) is 4.75. The lowest BCUT2D eigenvalue weighted by Crippen LogP contribution is -2.54. The van der Waals surface area contributed by atoms with Crippen molar-refractivity contribution in [3.8, 4) is 0 Å². The van der Waals surface area contributed by atoms with Crippen LogP contribution in [0.3, 0.4) is 0 Å². The summed E-state index contributed by atoms with van der Waals surface area (Å²) in [5, 5.41) is 21.1. The minimum Gasteiger partial charge on any atom is -0.512 e. The van der Waals surface area contributed by atoms with Gasteiger partial charge in [-0.2, -0.15) is 0 Å². The van der Waals surface area contributed by atoms with Gasteiger partial charge in [-0.1, -0.05) is 23.8 Å². The molecule has 1 aliphatic heterocycles. The van der Waals surface area contributed by atoms with Crippen molar-refractivity contribution in [1.29, 1.82) is 0 Å². The lowest BCUT2D eigenvalue weighted by Gasteiger charge is -2.48. The van der Waals surface area contributed by atoms with Gasteiger partial charge < -0.3 is 19.7 Å². The molecule has 1 spiro atoms. The predicted molar refractivity (Wildman–Crippen MR) is 90.7 cm³/mol. The number of ether oxygens (including phenoxy) is 2. The van der Waals surface area contributed by atoms with Crippen LogP contribution in [0.1, 0.15) is 29.5 Å². The SMILES string of the molecule is Cc1ccc(CC=C(O)[C@@H]2C[C@H]3[C@@H](CC34OCCO4)C2O)c(C)c1. The van der Waals surface area contributed by atoms with E-state index in [0.717, 1.165) is 12.8 Å². The summed E-state index contributed by atoms with van der Waals surface area (Å²) in [6.07, 6.45) is 3.54. The van der Waals surface area contributed by atoms with Gasteiger partial charge in [0.2, 0.25) is 0 Å². The number of hydrogen-bond donors (Lipinski definition) is 2. The van der Waals surface area contributed by atoms with Gasteiger partial charge in [0.05, 0.1) is 25.1 Å². The van der Waals surface area contributed by atoms with Gasteiger partial charge in [0.1, 0.15) is 0 Å². The Balaban J connectivity index is 1.45. The van der Waals surface area contributed by atoms with Crippen molar-refractivity contribution in [2.45, 2.75) is 45.0 Å². The summed E-state index contributed by atoms with van der Waals surface area (Å²) in [4.78, 5) is 0. The van der Waals surface area contributed by atoms with E-state index in [4.69, 9.17) is 9.47 Å². The highest BCUT2D eigenvalue weighted by molar-refractivity contribution is 5.32. The van der Waals surface area contributed by atoms with Gasteiger partial charge in [0.25, 0.3) is 0 Å². The van der Waals surface area contributed by atoms with Crippen molar-refractivity contribution >= 4 is 0 Å². The maximum atomic E-state index is 10.6. The summed E-state index contributed by atoms with van der Waals surface area (Å²) in [5.74, 6) is 0.0261. The Morgan fingerprint density at radius 2 is 2.04 bits per heavy atom. The molecule has 0 radical (unpaired) electrons. The molecule has 2 saturated carbocycles. The van der Waals surface area contributed by atoms with E-state index in [1.165, 1.54) is 16.7 Å². The van der Waals surface area contributed by atoms with Crippen molar-refractivity contribution in [3.05, 3.63) is 46.7 Å². The molecule has 1 aromatic carbocycles. The molecule has 0 aromatic heterocycles. The highest BCUT2D eigenvalue weighted by Crippen LogP contribution is 2.60. The minimum atomic E-state index is -0.496. The molecule has 4 heteroatoms. The molecule has 130 valence electrons. The molecule has 24 heavy (non-hydrogen) atoms. The second-order valence-electron chi connectivity index (χ2n) is 7.58. The Morgan fingerprint density at radius 1 is 1.29 bits per heavy atom. The van der Waals surface area contributed by atoms with Crippen LogP contribution in [0, 0.1) is 31.6 Å². The van der Waals surface area contributed by atoms with Gasteiger partial charge >= 0.3 is 0 Å². The number of aryl methyl sites for hydroxylation is 2. The first-order chi connectivity index (χ1) is 11.5. The average molecular weight is 330 g/mol. The molecule has 1 saturated heterocycles. The first kappa shape index (κ1) is 16.1. The monoisotopic (exact) mass is 330 g/mol. The first-order valence-corrected chi connectivity index (χ1v) is 8.91. The minimum absolute atomic E-state index is 0.185. The average Bonchev–Trinajstić information content (AvgIpc) is 3.12. The fraction of sp³-hybridized carbons (Fsp3) is 0.600. The van der Waals surface area contributed by atoms with Crippen LogP contribution in [0.4, 0.5) is 0 Å². The highest BCUT2D eigenvalue weighted by atomic mass is 16.7. The molecular formula is C20H26O4. The molecule has 3 aliphatic rings. The predicted octanol–water partition coefficient (Wildman–Crippen LogP) is 3.05. The number of aliphatic hydroxyl groups excluding tert-OH is 2. The zero-order valence-corrected chi connectivity index (χ0v) is 14.4. The van der Waals surface area contributed by atoms with Gasteiger partial charge in [-0.25, -0.2) is 0 Å². The number of fused-ring (bicyclic) bond motifs is 2. The largest absolute Gasteiger partial charge is 0.512 e. The molecular weight excluding hydrogens is 304 g/mol. The van der Waals surface area contributed by atoms with E-state index in [1.807, 2.05) is 6.08 Å². The third-order valence-electron chi connectivity index (χ3n) is 6.15. The summed E-state index contributed by atoms with van der Waals surface area (Å²) in [7, 11) is 0. The fourth-order valence-electron chi connectivity index (χ4n) is 4.75. The van der Waals surface area contributed by atoms with Gasteiger partial charge in [-0.3, -0.25) is 0 Å². The summed E-state index contributed by atoms with van der Waals surface area (Å²) in [6, 6.07) is 6.36. The molecule has 0 bridgehead atoms. The Hall–Kier alpha value is -1.36. The van der Waals surface area contributed by atoms with Gasteiger partial charge in [-0.05, 0) is 49.8 Å². The number of benzene rings is 1. The second kappa shape index (κ2) is 5.87. The molecule has 4 rings (SSSR count). The quantitative estimate of drug-likeness (QED) is 0.836. The van der Waals surface area contributed by atoms with E-state index in [9.17, 15) is 10.2 Å². The van der Waals surface area contributed by atoms with Crippen molar-refractivity contribution in [2.75, 3.05) is 13.2 Å². The van der Waals surface area contributed by atoms with E-state index in [1.54, 1.807) is 0 Å². The maximum Gasteiger partial charge on any atom is 0.172 e. The van der Waals surface area contributed by atoms with Crippen LogP contribution < -0.4 is 0 Å². The zero-order valence-electron chi connectivity index (χ0n) is 14.4. The Kier molecular flexibility index (Phi) is 3.94. The smallest absolute Gasteiger partial charge is 0.172 e. The maximum absolute atomic E-state index is 10.6. The molecule has 4 atom stereocenters. The molecule has 4 nitrogen and oxygen atoms in total. The van der Waals surface area contributed by atoms with Crippen molar-refractivity contribution in [1.82, 2.24) is 0 Å². The lowest BCUT2D eigenvalue weighted by atomic mass is 9.69. The third kappa shape index (κ3) is 2.48. The molecule has 1 aromatic rings. The lowest BCUT2D eigenvalue weighted by molar-refractivity contribution is -0.275. The molecule has 2 aliphatic carbocycles. The summed E-state index contributed by atoms with van der Waals surface area (Å²) < 4.78 is 11.6. The molecule has 1 heterocycles. The molecule has 0 amide bonds. The third-order valence-corrected chi connectivity index (χ3v) is 6.15. The van der Waals surface area contributed by atoms with Crippen LogP contribution in [0.15, 0.2) is 30.0 Å². The van der Waals surface area contributed by atoms with Crippen LogP contribution in [-0.2, 0) is 15.9 Å². The standard InChI is InChI=1S/C20H26O4/c1-12-3-4-14(13(2)9-12)5-6-18(21)15-10-17-16(19(15)22)11-20(17)23-7-8-24-20/h3-4,6,9,15-17,19,21-22H,5,7-8,10-11H2,1-2H3/t15-,16+,17-,19?/m0/s1. The summed E-state index contributed by atoms with van der Waals surface area (Å²) >= 11 is 0. The Morgan fingerprint density at radius 3 is 2.75 bits per heavy atom. The van der Waals surface area contributed by atoms with Crippen molar-refractivity contribution in [3.63, 3.8) is 0 Å². The normalized spacial score (nSPS) is 34.4. The van der Waals surface area contributed by atoms with E-state index < -0.39 is 11.9 Å². The number of allylic oxidation sites excluding steroid dienone is 1. The zero-order chi connectivity index (χ0) is 16.9. The first-order valence-electron chi connectivity index (χ1n) is 8.91. The van der Waals surface area contributed by atoms with Gasteiger partial charge in [0.15, 0.2) is 5.79 Å². The van der Waals surface area contributed by atoms with Gasteiger partial charge in [0, 0.05) is 18.3 Å². The number of rotatable bonds is 3. The van der Waals surface area contributed by atoms with Crippen LogP contribution in [-0.4, -0.2) is 35.3 Å². The summed E-state index contributed by atoms with van der Waals surface area (Å²) in [5.41, 5.74) is 3.69. The topological polar surface area (TPSA) is 58.9 Å². The molecule has 2 N–H and O–H groups in total. The van der Waals surface area contributed by atoms with Crippen molar-refractivity contribution in [2.24, 2.45) is 17.8 Å². The second-order valence-corrected chi connectivity index (χ2v) is 7.58. The Bertz CT molecular complexity index is 660. The van der Waals surface area contributed by atoms with E-state index in [-0.39, 0.29) is 17.8 Å². The van der Waals surface area contributed by atoms with E-state index in [0.29, 0.717) is 25.4 Å².